The highest BCUT2D eigenvalue weighted by Crippen LogP contribution is 2.08. The zero-order valence-corrected chi connectivity index (χ0v) is 8.57. The monoisotopic (exact) mass is 186 g/mol. The quantitative estimate of drug-likeness (QED) is 0.575. The summed E-state index contributed by atoms with van der Waals surface area (Å²) in [5, 5.41) is 0. The largest absolute Gasteiger partial charge is 0.207 e. The van der Waals surface area contributed by atoms with Crippen molar-refractivity contribution in [3.63, 3.8) is 0 Å². The van der Waals surface area contributed by atoms with E-state index in [9.17, 15) is 8.78 Å². The van der Waals surface area contributed by atoms with Crippen molar-refractivity contribution in [3.8, 4) is 0 Å². The van der Waals surface area contributed by atoms with Crippen molar-refractivity contribution in [2.75, 3.05) is 0 Å². The lowest BCUT2D eigenvalue weighted by Crippen LogP contribution is -1.85. The molecule has 0 saturated carbocycles. The van der Waals surface area contributed by atoms with Crippen molar-refractivity contribution in [2.45, 2.75) is 27.7 Å². The Bertz CT molecular complexity index is 231. The van der Waals surface area contributed by atoms with Gasteiger partial charge >= 0.3 is 0 Å². The molecule has 0 spiro atoms. The molecule has 0 N–H and O–H groups in total. The molecule has 0 heterocycles. The van der Waals surface area contributed by atoms with Crippen molar-refractivity contribution < 1.29 is 8.78 Å². The van der Waals surface area contributed by atoms with Gasteiger partial charge in [-0.1, -0.05) is 26.8 Å². The van der Waals surface area contributed by atoms with Crippen LogP contribution in [0, 0.1) is 24.5 Å². The normalized spacial score (nSPS) is 9.46. The van der Waals surface area contributed by atoms with Crippen molar-refractivity contribution in [1.29, 1.82) is 0 Å². The number of hydrogen-bond donors (Lipinski definition) is 0. The van der Waals surface area contributed by atoms with Gasteiger partial charge in [-0.25, -0.2) is 8.78 Å². The summed E-state index contributed by atoms with van der Waals surface area (Å²) in [6.45, 7) is 7.91. The van der Waals surface area contributed by atoms with Gasteiger partial charge in [-0.2, -0.15) is 0 Å². The SMILES string of the molecule is CC(C)C.Cc1c(F)cccc1F. The van der Waals surface area contributed by atoms with Crippen LogP contribution in [0.5, 0.6) is 0 Å². The van der Waals surface area contributed by atoms with Crippen LogP contribution in [0.2, 0.25) is 0 Å². The number of rotatable bonds is 0. The first-order chi connectivity index (χ1) is 5.95. The van der Waals surface area contributed by atoms with Crippen LogP contribution in [0.4, 0.5) is 8.78 Å². The molecule has 13 heavy (non-hydrogen) atoms. The minimum absolute atomic E-state index is 0.0810. The molecular formula is C11H16F2. The lowest BCUT2D eigenvalue weighted by molar-refractivity contribution is 0.568. The van der Waals surface area contributed by atoms with E-state index < -0.39 is 11.6 Å². The fourth-order valence-electron chi connectivity index (χ4n) is 0.581. The zero-order chi connectivity index (χ0) is 10.4. The summed E-state index contributed by atoms with van der Waals surface area (Å²) in [5.74, 6) is -0.148. The minimum atomic E-state index is -0.491. The maximum atomic E-state index is 12.3. The molecule has 0 aliphatic heterocycles. The van der Waals surface area contributed by atoms with E-state index in [-0.39, 0.29) is 5.56 Å². The highest BCUT2D eigenvalue weighted by atomic mass is 19.1. The first-order valence-electron chi connectivity index (χ1n) is 4.35. The topological polar surface area (TPSA) is 0 Å². The van der Waals surface area contributed by atoms with Gasteiger partial charge in [0.25, 0.3) is 0 Å². The fraction of sp³-hybridized carbons (Fsp3) is 0.455. The van der Waals surface area contributed by atoms with Crippen LogP contribution in [0.25, 0.3) is 0 Å². The molecule has 0 unspecified atom stereocenters. The second-order valence-electron chi connectivity index (χ2n) is 3.58. The van der Waals surface area contributed by atoms with Crippen molar-refractivity contribution in [1.82, 2.24) is 0 Å². The molecule has 0 amide bonds. The van der Waals surface area contributed by atoms with Gasteiger partial charge in [0.2, 0.25) is 0 Å². The first-order valence-corrected chi connectivity index (χ1v) is 4.35. The fourth-order valence-corrected chi connectivity index (χ4v) is 0.581. The Labute approximate surface area is 78.6 Å². The van der Waals surface area contributed by atoms with Crippen LogP contribution in [0.1, 0.15) is 26.3 Å². The summed E-state index contributed by atoms with van der Waals surface area (Å²) in [5.41, 5.74) is 0.0810. The van der Waals surface area contributed by atoms with Gasteiger partial charge in [-0.15, -0.1) is 0 Å². The summed E-state index contributed by atoms with van der Waals surface area (Å²) in [6, 6.07) is 3.81. The Morgan fingerprint density at radius 3 is 1.54 bits per heavy atom. The highest BCUT2D eigenvalue weighted by Gasteiger charge is 1.99. The van der Waals surface area contributed by atoms with E-state index in [0.717, 1.165) is 5.92 Å². The van der Waals surface area contributed by atoms with E-state index in [2.05, 4.69) is 20.8 Å². The van der Waals surface area contributed by atoms with Gasteiger partial charge in [0.15, 0.2) is 0 Å². The predicted octanol–water partition coefficient (Wildman–Crippen LogP) is 3.94. The minimum Gasteiger partial charge on any atom is -0.207 e. The van der Waals surface area contributed by atoms with Crippen molar-refractivity contribution in [3.05, 3.63) is 35.4 Å². The van der Waals surface area contributed by atoms with Gasteiger partial charge < -0.3 is 0 Å². The third kappa shape index (κ3) is 5.34. The maximum absolute atomic E-state index is 12.3. The van der Waals surface area contributed by atoms with Gasteiger partial charge in [-0.3, -0.25) is 0 Å². The molecule has 1 aromatic rings. The van der Waals surface area contributed by atoms with E-state index in [1.165, 1.54) is 25.1 Å². The average Bonchev–Trinajstić information content (AvgIpc) is 1.99. The molecule has 0 aliphatic carbocycles. The zero-order valence-electron chi connectivity index (χ0n) is 8.57. The smallest absolute Gasteiger partial charge is 0.129 e. The number of hydrogen-bond acceptors (Lipinski definition) is 0. The summed E-state index contributed by atoms with van der Waals surface area (Å²) in [4.78, 5) is 0. The Morgan fingerprint density at radius 1 is 1.00 bits per heavy atom. The lowest BCUT2D eigenvalue weighted by Gasteiger charge is -1.94. The standard InChI is InChI=1S/C7H6F2.C4H10/c1-5-6(8)3-2-4-7(5)9;1-4(2)3/h2-4H,1H3;4H,1-3H3. The van der Waals surface area contributed by atoms with Crippen LogP contribution in [-0.4, -0.2) is 0 Å². The molecule has 0 aliphatic rings. The summed E-state index contributed by atoms with van der Waals surface area (Å²) in [7, 11) is 0. The van der Waals surface area contributed by atoms with Crippen molar-refractivity contribution >= 4 is 0 Å². The van der Waals surface area contributed by atoms with Crippen LogP contribution < -0.4 is 0 Å². The molecule has 74 valence electrons. The molecule has 0 fully saturated rings. The van der Waals surface area contributed by atoms with Crippen LogP contribution >= 0.6 is 0 Å². The molecule has 0 atom stereocenters. The number of benzene rings is 1. The number of halogens is 2. The Kier molecular flexibility index (Phi) is 5.28. The van der Waals surface area contributed by atoms with E-state index in [1.54, 1.807) is 0 Å². The molecule has 0 nitrogen and oxygen atoms in total. The summed E-state index contributed by atoms with van der Waals surface area (Å²) >= 11 is 0. The molecule has 0 radical (unpaired) electrons. The van der Waals surface area contributed by atoms with Crippen molar-refractivity contribution in [2.24, 2.45) is 5.92 Å². The van der Waals surface area contributed by atoms with E-state index in [1.807, 2.05) is 0 Å². The van der Waals surface area contributed by atoms with Crippen LogP contribution in [-0.2, 0) is 0 Å². The Hall–Kier alpha value is -0.920. The molecule has 1 aromatic carbocycles. The average molecular weight is 186 g/mol. The predicted molar refractivity (Wildman–Crippen MR) is 51.6 cm³/mol. The van der Waals surface area contributed by atoms with Crippen LogP contribution in [0.15, 0.2) is 18.2 Å². The van der Waals surface area contributed by atoms with E-state index in [4.69, 9.17) is 0 Å². The second-order valence-corrected chi connectivity index (χ2v) is 3.58. The van der Waals surface area contributed by atoms with Gasteiger partial charge in [0.1, 0.15) is 11.6 Å². The van der Waals surface area contributed by atoms with Gasteiger partial charge in [0.05, 0.1) is 0 Å². The molecule has 2 heteroatoms. The van der Waals surface area contributed by atoms with E-state index in [0.29, 0.717) is 0 Å². The maximum Gasteiger partial charge on any atom is 0.129 e. The highest BCUT2D eigenvalue weighted by molar-refractivity contribution is 5.17. The van der Waals surface area contributed by atoms with Crippen LogP contribution in [0.3, 0.4) is 0 Å². The third-order valence-corrected chi connectivity index (χ3v) is 1.20. The first kappa shape index (κ1) is 12.1. The summed E-state index contributed by atoms with van der Waals surface area (Å²) < 4.78 is 24.7. The van der Waals surface area contributed by atoms with Gasteiger partial charge in [-0.05, 0) is 25.0 Å². The lowest BCUT2D eigenvalue weighted by atomic mass is 10.2. The molecular weight excluding hydrogens is 170 g/mol. The molecule has 1 rings (SSSR count). The molecule has 0 aromatic heterocycles. The molecule has 0 saturated heterocycles. The van der Waals surface area contributed by atoms with E-state index >= 15 is 0 Å². The van der Waals surface area contributed by atoms with Gasteiger partial charge in [0, 0.05) is 5.56 Å². The molecule has 0 bridgehead atoms. The summed E-state index contributed by atoms with van der Waals surface area (Å²) in [6.07, 6.45) is 0. The Balaban J connectivity index is 0.000000310. The second kappa shape index (κ2) is 5.68. The Morgan fingerprint density at radius 2 is 1.31 bits per heavy atom. The third-order valence-electron chi connectivity index (χ3n) is 1.20.